The number of rotatable bonds is 4. The van der Waals surface area contributed by atoms with Crippen LogP contribution in [0.1, 0.15) is 5.56 Å². The third-order valence-corrected chi connectivity index (χ3v) is 2.56. The molecule has 1 aromatic carbocycles. The summed E-state index contributed by atoms with van der Waals surface area (Å²) < 4.78 is 0. The van der Waals surface area contributed by atoms with Crippen LogP contribution in [0.5, 0.6) is 0 Å². The Bertz CT molecular complexity index is 246. The summed E-state index contributed by atoms with van der Waals surface area (Å²) in [5.41, 5.74) is 1.29. The number of hydrogen-bond donors (Lipinski definition) is 0. The molecule has 0 radical (unpaired) electrons. The molecule has 3 heteroatoms. The fraction of sp³-hybridized carbons (Fsp3) is 0.400. The number of likely N-dealkylation sites (N-methyl/N-ethyl adjacent to an activating group) is 1. The minimum Gasteiger partial charge on any atom is -0.293 e. The third kappa shape index (κ3) is 3.99. The summed E-state index contributed by atoms with van der Waals surface area (Å²) in [5.74, 6) is 0. The first kappa shape index (κ1) is 10.8. The van der Waals surface area contributed by atoms with Gasteiger partial charge in [-0.15, -0.1) is 11.6 Å². The van der Waals surface area contributed by atoms with Gasteiger partial charge in [0.25, 0.3) is 0 Å². The summed E-state index contributed by atoms with van der Waals surface area (Å²) in [6.45, 7) is 0.977. The van der Waals surface area contributed by atoms with Crippen LogP contribution < -0.4 is 0 Å². The van der Waals surface area contributed by atoms with E-state index in [-0.39, 0.29) is 0 Å². The van der Waals surface area contributed by atoms with Gasteiger partial charge in [0.2, 0.25) is 0 Å². The van der Waals surface area contributed by atoms with Gasteiger partial charge in [-0.2, -0.15) is 0 Å². The van der Waals surface area contributed by atoms with E-state index in [9.17, 15) is 0 Å². The van der Waals surface area contributed by atoms with Gasteiger partial charge in [0.1, 0.15) is 0 Å². The predicted octanol–water partition coefficient (Wildman–Crippen LogP) is 3.01. The SMILES string of the molecule is CN(CCl)CCc1ccc(Cl)cc1. The van der Waals surface area contributed by atoms with Crippen molar-refractivity contribution in [1.82, 2.24) is 4.90 Å². The van der Waals surface area contributed by atoms with Crippen LogP contribution in [0.15, 0.2) is 24.3 Å². The molecule has 1 aromatic rings. The molecule has 1 rings (SSSR count). The summed E-state index contributed by atoms with van der Waals surface area (Å²) in [7, 11) is 2.00. The van der Waals surface area contributed by atoms with Gasteiger partial charge in [0.05, 0.1) is 6.00 Å². The minimum atomic E-state index is 0.577. The molecule has 0 bridgehead atoms. The molecule has 0 aromatic heterocycles. The largest absolute Gasteiger partial charge is 0.293 e. The van der Waals surface area contributed by atoms with Crippen molar-refractivity contribution in [3.63, 3.8) is 0 Å². The normalized spacial score (nSPS) is 10.8. The van der Waals surface area contributed by atoms with Crippen LogP contribution in [-0.4, -0.2) is 24.5 Å². The number of halogens is 2. The maximum atomic E-state index is 5.77. The van der Waals surface area contributed by atoms with Crippen LogP contribution in [0.4, 0.5) is 0 Å². The first-order valence-electron chi connectivity index (χ1n) is 4.21. The number of alkyl halides is 1. The van der Waals surface area contributed by atoms with Gasteiger partial charge in [-0.05, 0) is 31.2 Å². The van der Waals surface area contributed by atoms with E-state index >= 15 is 0 Å². The van der Waals surface area contributed by atoms with Crippen molar-refractivity contribution < 1.29 is 0 Å². The highest BCUT2D eigenvalue weighted by atomic mass is 35.5. The van der Waals surface area contributed by atoms with Crippen LogP contribution in [0, 0.1) is 0 Å². The molecule has 13 heavy (non-hydrogen) atoms. The van der Waals surface area contributed by atoms with Gasteiger partial charge < -0.3 is 0 Å². The number of nitrogens with zero attached hydrogens (tertiary/aromatic N) is 1. The van der Waals surface area contributed by atoms with Crippen molar-refractivity contribution in [2.75, 3.05) is 19.6 Å². The zero-order valence-corrected chi connectivity index (χ0v) is 9.15. The van der Waals surface area contributed by atoms with E-state index in [1.54, 1.807) is 0 Å². The fourth-order valence-corrected chi connectivity index (χ4v) is 1.28. The van der Waals surface area contributed by atoms with Gasteiger partial charge in [0.15, 0.2) is 0 Å². The zero-order valence-electron chi connectivity index (χ0n) is 7.63. The van der Waals surface area contributed by atoms with E-state index in [0.29, 0.717) is 6.00 Å². The summed E-state index contributed by atoms with van der Waals surface area (Å²) in [5, 5.41) is 0.787. The maximum absolute atomic E-state index is 5.77. The smallest absolute Gasteiger partial charge is 0.0736 e. The molecule has 0 N–H and O–H groups in total. The van der Waals surface area contributed by atoms with Crippen LogP contribution in [0.25, 0.3) is 0 Å². The van der Waals surface area contributed by atoms with Crippen molar-refractivity contribution in [3.8, 4) is 0 Å². The Morgan fingerprint density at radius 3 is 2.38 bits per heavy atom. The molecule has 0 atom stereocenters. The Morgan fingerprint density at radius 1 is 1.23 bits per heavy atom. The molecule has 0 fully saturated rings. The second kappa shape index (κ2) is 5.48. The predicted molar refractivity (Wildman–Crippen MR) is 58.5 cm³/mol. The van der Waals surface area contributed by atoms with E-state index < -0.39 is 0 Å². The Morgan fingerprint density at radius 2 is 1.85 bits per heavy atom. The molecule has 0 unspecified atom stereocenters. The van der Waals surface area contributed by atoms with Crippen LogP contribution in [-0.2, 0) is 6.42 Å². The summed E-state index contributed by atoms with van der Waals surface area (Å²) in [6.07, 6.45) is 1.01. The highest BCUT2D eigenvalue weighted by molar-refractivity contribution is 6.30. The van der Waals surface area contributed by atoms with Crippen molar-refractivity contribution in [2.24, 2.45) is 0 Å². The lowest BCUT2D eigenvalue weighted by Crippen LogP contribution is -2.19. The van der Waals surface area contributed by atoms with Gasteiger partial charge in [-0.1, -0.05) is 23.7 Å². The second-order valence-corrected chi connectivity index (χ2v) is 3.75. The van der Waals surface area contributed by atoms with E-state index in [0.717, 1.165) is 18.0 Å². The molecular formula is C10H13Cl2N. The first-order valence-corrected chi connectivity index (χ1v) is 5.12. The quantitative estimate of drug-likeness (QED) is 0.554. The average Bonchev–Trinajstić information content (AvgIpc) is 2.16. The standard InChI is InChI=1S/C10H13Cl2N/c1-13(8-11)7-6-9-2-4-10(12)5-3-9/h2-5H,6-8H2,1H3. The molecule has 0 spiro atoms. The Hall–Kier alpha value is -0.240. The van der Waals surface area contributed by atoms with E-state index in [1.165, 1.54) is 5.56 Å². The molecule has 0 aliphatic rings. The summed E-state index contributed by atoms with van der Waals surface area (Å²) in [6, 6.07) is 8.50. The lowest BCUT2D eigenvalue weighted by Gasteiger charge is -2.11. The monoisotopic (exact) mass is 217 g/mol. The van der Waals surface area contributed by atoms with Gasteiger partial charge >= 0.3 is 0 Å². The zero-order chi connectivity index (χ0) is 9.68. The van der Waals surface area contributed by atoms with E-state index in [2.05, 4.69) is 4.90 Å². The summed E-state index contributed by atoms with van der Waals surface area (Å²) in [4.78, 5) is 2.07. The highest BCUT2D eigenvalue weighted by Gasteiger charge is 1.97. The minimum absolute atomic E-state index is 0.577. The van der Waals surface area contributed by atoms with Gasteiger partial charge in [-0.25, -0.2) is 0 Å². The average molecular weight is 218 g/mol. The van der Waals surface area contributed by atoms with Crippen LogP contribution >= 0.6 is 23.2 Å². The van der Waals surface area contributed by atoms with Crippen molar-refractivity contribution in [1.29, 1.82) is 0 Å². The maximum Gasteiger partial charge on any atom is 0.0736 e. The molecule has 0 aliphatic carbocycles. The number of benzene rings is 1. The number of hydrogen-bond acceptors (Lipinski definition) is 1. The second-order valence-electron chi connectivity index (χ2n) is 3.08. The lowest BCUT2D eigenvalue weighted by atomic mass is 10.1. The van der Waals surface area contributed by atoms with E-state index in [1.807, 2.05) is 31.3 Å². The first-order chi connectivity index (χ1) is 6.22. The van der Waals surface area contributed by atoms with Crippen LogP contribution in [0.3, 0.4) is 0 Å². The molecule has 1 nitrogen and oxygen atoms in total. The van der Waals surface area contributed by atoms with Gasteiger partial charge in [0, 0.05) is 11.6 Å². The van der Waals surface area contributed by atoms with Crippen molar-refractivity contribution in [3.05, 3.63) is 34.9 Å². The Kier molecular flexibility index (Phi) is 4.57. The Labute approximate surface area is 89.3 Å². The molecule has 0 aliphatic heterocycles. The molecule has 72 valence electrons. The topological polar surface area (TPSA) is 3.24 Å². The van der Waals surface area contributed by atoms with Crippen molar-refractivity contribution in [2.45, 2.75) is 6.42 Å². The third-order valence-electron chi connectivity index (χ3n) is 1.90. The summed E-state index contributed by atoms with van der Waals surface area (Å²) >= 11 is 11.4. The molecule has 0 amide bonds. The Balaban J connectivity index is 2.41. The highest BCUT2D eigenvalue weighted by Crippen LogP contribution is 2.10. The fourth-order valence-electron chi connectivity index (χ4n) is 1.03. The van der Waals surface area contributed by atoms with E-state index in [4.69, 9.17) is 23.2 Å². The van der Waals surface area contributed by atoms with Gasteiger partial charge in [-0.3, -0.25) is 4.90 Å². The molecular weight excluding hydrogens is 205 g/mol. The van der Waals surface area contributed by atoms with Crippen LogP contribution in [0.2, 0.25) is 5.02 Å². The molecule has 0 saturated heterocycles. The molecule has 0 heterocycles. The lowest BCUT2D eigenvalue weighted by molar-refractivity contribution is 0.394. The van der Waals surface area contributed by atoms with Crippen molar-refractivity contribution >= 4 is 23.2 Å². The molecule has 0 saturated carbocycles.